The Bertz CT molecular complexity index is 603. The Kier molecular flexibility index (Phi) is 6.77. The van der Waals surface area contributed by atoms with Gasteiger partial charge in [0.05, 0.1) is 25.8 Å². The molecule has 30 heavy (non-hydrogen) atoms. The lowest BCUT2D eigenvalue weighted by Gasteiger charge is -2.52. The average Bonchev–Trinajstić information content (AvgIpc) is 3.03. The van der Waals surface area contributed by atoms with Crippen molar-refractivity contribution in [2.24, 2.45) is 0 Å². The molecule has 2 bridgehead atoms. The summed E-state index contributed by atoms with van der Waals surface area (Å²) in [7, 11) is 0. The predicted molar refractivity (Wildman–Crippen MR) is 106 cm³/mol. The van der Waals surface area contributed by atoms with Crippen LogP contribution in [0.2, 0.25) is 0 Å². The molecule has 0 aromatic heterocycles. The fraction of sp³-hybridized carbons (Fsp3) is 0.952. The Morgan fingerprint density at radius 1 is 1.17 bits per heavy atom. The third kappa shape index (κ3) is 4.56. The van der Waals surface area contributed by atoms with E-state index in [4.69, 9.17) is 9.47 Å². The smallest absolute Gasteiger partial charge is 0.262 e. The molecule has 0 aliphatic carbocycles. The molecule has 4 saturated heterocycles. The zero-order chi connectivity index (χ0) is 21.5. The lowest BCUT2D eigenvalue weighted by molar-refractivity contribution is -0.255. The van der Waals surface area contributed by atoms with Crippen LogP contribution in [0.1, 0.15) is 46.0 Å². The van der Waals surface area contributed by atoms with Gasteiger partial charge in [-0.25, -0.2) is 13.7 Å². The van der Waals surface area contributed by atoms with Gasteiger partial charge in [0.15, 0.2) is 0 Å². The van der Waals surface area contributed by atoms with Crippen molar-refractivity contribution in [3.63, 3.8) is 0 Å². The van der Waals surface area contributed by atoms with Crippen molar-refractivity contribution in [3.05, 3.63) is 0 Å². The van der Waals surface area contributed by atoms with Crippen LogP contribution >= 0.6 is 0 Å². The molecular weight excluding hydrogens is 396 g/mol. The normalized spacial score (nSPS) is 37.4. The summed E-state index contributed by atoms with van der Waals surface area (Å²) in [5.74, 6) is -2.92. The van der Waals surface area contributed by atoms with Crippen LogP contribution in [0, 0.1) is 0 Å². The second-order valence-corrected chi connectivity index (χ2v) is 9.33. The number of carbonyl (C=O) groups excluding carboxylic acids is 1. The number of likely N-dealkylation sites (tertiary alicyclic amines) is 2. The first-order valence-corrected chi connectivity index (χ1v) is 11.3. The first-order valence-electron chi connectivity index (χ1n) is 11.3. The summed E-state index contributed by atoms with van der Waals surface area (Å²) in [6, 6.07) is 0.0587. The second kappa shape index (κ2) is 9.03. The van der Waals surface area contributed by atoms with Crippen molar-refractivity contribution in [1.29, 1.82) is 0 Å². The zero-order valence-electron chi connectivity index (χ0n) is 18.0. The van der Waals surface area contributed by atoms with Gasteiger partial charge in [-0.1, -0.05) is 0 Å². The third-order valence-electron chi connectivity index (χ3n) is 7.38. The lowest BCUT2D eigenvalue weighted by atomic mass is 9.87. The van der Waals surface area contributed by atoms with E-state index in [1.807, 2.05) is 6.92 Å². The molecule has 4 aliphatic rings. The topological polar surface area (TPSA) is 65.5 Å². The van der Waals surface area contributed by atoms with E-state index in [1.165, 1.54) is 6.92 Å². The Morgan fingerprint density at radius 3 is 2.37 bits per heavy atom. The molecule has 3 unspecified atom stereocenters. The number of morpholine rings is 1. The molecule has 4 aliphatic heterocycles. The Balaban J connectivity index is 1.34. The van der Waals surface area contributed by atoms with Crippen LogP contribution in [0.5, 0.6) is 0 Å². The van der Waals surface area contributed by atoms with Crippen LogP contribution < -0.4 is 0 Å². The van der Waals surface area contributed by atoms with E-state index in [9.17, 15) is 18.7 Å². The number of aliphatic hydroxyl groups excluding tert-OH is 1. The van der Waals surface area contributed by atoms with Gasteiger partial charge in [0.2, 0.25) is 6.41 Å². The van der Waals surface area contributed by atoms with E-state index in [-0.39, 0.29) is 36.9 Å². The SMILES string of the molecule is CCOC(O)N1C2COCC1CC(N1CCC(N3CC(F)(F)C[C@@H]3C(C)=O)CC1)C2. The number of ketones is 1. The van der Waals surface area contributed by atoms with Crippen LogP contribution in [0.15, 0.2) is 0 Å². The summed E-state index contributed by atoms with van der Waals surface area (Å²) in [6.07, 6.45) is 2.21. The number of halogens is 2. The highest BCUT2D eigenvalue weighted by Gasteiger charge is 2.50. The molecule has 0 radical (unpaired) electrons. The van der Waals surface area contributed by atoms with Gasteiger partial charge >= 0.3 is 0 Å². The maximum Gasteiger partial charge on any atom is 0.262 e. The highest BCUT2D eigenvalue weighted by molar-refractivity contribution is 5.82. The van der Waals surface area contributed by atoms with Gasteiger partial charge in [-0.05, 0) is 52.6 Å². The number of Topliss-reactive ketones (excluding diaryl/α,β-unsaturated/α-hetero) is 1. The molecule has 4 atom stereocenters. The molecule has 172 valence electrons. The van der Waals surface area contributed by atoms with E-state index in [0.717, 1.165) is 38.8 Å². The van der Waals surface area contributed by atoms with E-state index >= 15 is 0 Å². The summed E-state index contributed by atoms with van der Waals surface area (Å²) < 4.78 is 39.1. The van der Waals surface area contributed by atoms with Crippen molar-refractivity contribution in [1.82, 2.24) is 14.7 Å². The first-order chi connectivity index (χ1) is 14.3. The van der Waals surface area contributed by atoms with Gasteiger partial charge in [-0.2, -0.15) is 0 Å². The fourth-order valence-electron chi connectivity index (χ4n) is 5.99. The summed E-state index contributed by atoms with van der Waals surface area (Å²) >= 11 is 0. The molecule has 1 N–H and O–H groups in total. The van der Waals surface area contributed by atoms with Crippen molar-refractivity contribution < 1.29 is 28.2 Å². The minimum atomic E-state index is -2.76. The van der Waals surface area contributed by atoms with Gasteiger partial charge in [-0.3, -0.25) is 9.69 Å². The highest BCUT2D eigenvalue weighted by Crippen LogP contribution is 2.37. The van der Waals surface area contributed by atoms with E-state index in [1.54, 1.807) is 4.90 Å². The summed E-state index contributed by atoms with van der Waals surface area (Å²) in [5.41, 5.74) is 0. The van der Waals surface area contributed by atoms with Gasteiger partial charge in [0, 0.05) is 37.2 Å². The number of ether oxygens (including phenoxy) is 2. The number of fused-ring (bicyclic) bond motifs is 2. The maximum absolute atomic E-state index is 14.0. The third-order valence-corrected chi connectivity index (χ3v) is 7.38. The molecule has 0 spiro atoms. The second-order valence-electron chi connectivity index (χ2n) is 9.33. The molecule has 4 rings (SSSR count). The van der Waals surface area contributed by atoms with Crippen LogP contribution in [0.4, 0.5) is 8.78 Å². The van der Waals surface area contributed by atoms with Crippen LogP contribution in [-0.2, 0) is 14.3 Å². The lowest BCUT2D eigenvalue weighted by Crippen LogP contribution is -2.64. The number of piperidine rings is 2. The van der Waals surface area contributed by atoms with E-state index < -0.39 is 18.4 Å². The monoisotopic (exact) mass is 431 g/mol. The molecule has 0 aromatic rings. The number of nitrogens with zero attached hydrogens (tertiary/aromatic N) is 3. The number of carbonyl (C=O) groups is 1. The van der Waals surface area contributed by atoms with Crippen molar-refractivity contribution in [3.8, 4) is 0 Å². The Morgan fingerprint density at radius 2 is 1.80 bits per heavy atom. The minimum absolute atomic E-state index is 0.0474. The van der Waals surface area contributed by atoms with Crippen LogP contribution in [0.25, 0.3) is 0 Å². The van der Waals surface area contributed by atoms with E-state index in [0.29, 0.717) is 25.9 Å². The largest absolute Gasteiger partial charge is 0.378 e. The maximum atomic E-state index is 14.0. The predicted octanol–water partition coefficient (Wildman–Crippen LogP) is 1.29. The van der Waals surface area contributed by atoms with Crippen molar-refractivity contribution in [2.45, 2.75) is 88.5 Å². The number of hydrogen-bond acceptors (Lipinski definition) is 7. The van der Waals surface area contributed by atoms with Gasteiger partial charge in [0.1, 0.15) is 5.78 Å². The van der Waals surface area contributed by atoms with Gasteiger partial charge in [0.25, 0.3) is 5.92 Å². The quantitative estimate of drug-likeness (QED) is 0.636. The number of rotatable bonds is 6. The molecular formula is C21H35F2N3O4. The Labute approximate surface area is 177 Å². The van der Waals surface area contributed by atoms with Crippen LogP contribution in [-0.4, -0.2) is 108 Å². The van der Waals surface area contributed by atoms with Crippen molar-refractivity contribution in [2.75, 3.05) is 39.5 Å². The first kappa shape index (κ1) is 22.5. The summed E-state index contributed by atoms with van der Waals surface area (Å²) in [4.78, 5) is 18.2. The number of alkyl halides is 2. The zero-order valence-corrected chi connectivity index (χ0v) is 18.0. The molecule has 0 aromatic carbocycles. The average molecular weight is 432 g/mol. The summed E-state index contributed by atoms with van der Waals surface area (Å²) in [5, 5.41) is 10.4. The molecule has 9 heteroatoms. The van der Waals surface area contributed by atoms with Crippen molar-refractivity contribution >= 4 is 5.78 Å². The molecule has 7 nitrogen and oxygen atoms in total. The standard InChI is InChI=1S/C21H35F2N3O4/c1-3-30-20(28)26-17-8-16(9-18(26)12-29-11-17)24-6-4-15(5-7-24)25-13-21(22,23)10-19(25)14(2)27/h15-20,28H,3-13H2,1-2H3/t16?,17?,18?,19-,20?/m1/s1. The van der Waals surface area contributed by atoms with E-state index in [2.05, 4.69) is 9.80 Å². The van der Waals surface area contributed by atoms with Gasteiger partial charge < -0.3 is 19.5 Å². The molecule has 0 saturated carbocycles. The molecule has 4 heterocycles. The minimum Gasteiger partial charge on any atom is -0.378 e. The highest BCUT2D eigenvalue weighted by atomic mass is 19.3. The molecule has 0 amide bonds. The molecule has 4 fully saturated rings. The van der Waals surface area contributed by atoms with Crippen LogP contribution in [0.3, 0.4) is 0 Å². The fourth-order valence-corrected chi connectivity index (χ4v) is 5.99. The number of aliphatic hydroxyl groups is 1. The Hall–Kier alpha value is -0.710. The van der Waals surface area contributed by atoms with Gasteiger partial charge in [-0.15, -0.1) is 0 Å². The number of hydrogen-bond donors (Lipinski definition) is 1. The summed E-state index contributed by atoms with van der Waals surface area (Å²) in [6.45, 7) is 6.38.